The Morgan fingerprint density at radius 1 is 1.28 bits per heavy atom. The molecule has 0 aliphatic rings. The second kappa shape index (κ2) is 7.56. The minimum Gasteiger partial charge on any atom is -0.311 e. The number of nitrogens with one attached hydrogen (secondary N) is 1. The van der Waals surface area contributed by atoms with Gasteiger partial charge < -0.3 is 5.32 Å². The van der Waals surface area contributed by atoms with Crippen LogP contribution in [0.1, 0.15) is 4.88 Å². The summed E-state index contributed by atoms with van der Waals surface area (Å²) in [6.07, 6.45) is 0. The molecule has 0 saturated carbocycles. The largest absolute Gasteiger partial charge is 0.311 e. The highest BCUT2D eigenvalue weighted by Crippen LogP contribution is 2.22. The first-order valence-corrected chi connectivity index (χ1v) is 8.54. The summed E-state index contributed by atoms with van der Waals surface area (Å²) in [5, 5.41) is 3.42. The predicted molar refractivity (Wildman–Crippen MR) is 85.9 cm³/mol. The van der Waals surface area contributed by atoms with Crippen LogP contribution in [-0.2, 0) is 6.54 Å². The van der Waals surface area contributed by atoms with E-state index in [2.05, 4.69) is 45.5 Å². The average molecular weight is 363 g/mol. The molecule has 0 fully saturated rings. The number of hydrogen-bond donors (Lipinski definition) is 1. The van der Waals surface area contributed by atoms with Crippen LogP contribution in [0, 0.1) is 0 Å². The first-order chi connectivity index (χ1) is 8.74. The number of halogens is 2. The van der Waals surface area contributed by atoms with Crippen LogP contribution in [-0.4, -0.2) is 12.3 Å². The van der Waals surface area contributed by atoms with Crippen molar-refractivity contribution in [2.75, 3.05) is 12.3 Å². The summed E-state index contributed by atoms with van der Waals surface area (Å²) in [5.74, 6) is 1.07. The molecule has 1 aromatic heterocycles. The molecule has 2 aromatic rings. The van der Waals surface area contributed by atoms with E-state index < -0.39 is 0 Å². The van der Waals surface area contributed by atoms with Crippen LogP contribution < -0.4 is 5.32 Å². The van der Waals surface area contributed by atoms with Crippen molar-refractivity contribution in [3.8, 4) is 0 Å². The van der Waals surface area contributed by atoms with E-state index in [0.717, 1.165) is 27.7 Å². The fourth-order valence-electron chi connectivity index (χ4n) is 1.46. The van der Waals surface area contributed by atoms with Crippen LogP contribution in [0.25, 0.3) is 0 Å². The minimum atomic E-state index is 0.857. The fraction of sp³-hybridized carbons (Fsp3) is 0.231. The van der Waals surface area contributed by atoms with Gasteiger partial charge in [0.2, 0.25) is 0 Å². The van der Waals surface area contributed by atoms with E-state index >= 15 is 0 Å². The number of hydrogen-bond acceptors (Lipinski definition) is 3. The quantitative estimate of drug-likeness (QED) is 0.570. The molecular weight excluding hydrogens is 350 g/mol. The smallest absolute Gasteiger partial charge is 0.0931 e. The zero-order valence-electron chi connectivity index (χ0n) is 9.66. The van der Waals surface area contributed by atoms with E-state index in [1.807, 2.05) is 23.9 Å². The third-order valence-corrected chi connectivity index (χ3v) is 4.99. The predicted octanol–water partition coefficient (Wildman–Crippen LogP) is 5.05. The summed E-state index contributed by atoms with van der Waals surface area (Å²) >= 11 is 12.8. The van der Waals surface area contributed by atoms with Gasteiger partial charge in [0.1, 0.15) is 0 Å². The van der Waals surface area contributed by atoms with Crippen molar-refractivity contribution in [2.24, 2.45) is 0 Å². The fourth-order valence-corrected chi connectivity index (χ4v) is 3.93. The second-order valence-electron chi connectivity index (χ2n) is 3.69. The van der Waals surface area contributed by atoms with Gasteiger partial charge in [0.15, 0.2) is 0 Å². The van der Waals surface area contributed by atoms with Crippen LogP contribution >= 0.6 is 50.6 Å². The number of benzene rings is 1. The summed E-state index contributed by atoms with van der Waals surface area (Å²) in [5.41, 5.74) is 0. The van der Waals surface area contributed by atoms with Gasteiger partial charge in [-0.05, 0) is 30.3 Å². The monoisotopic (exact) mass is 361 g/mol. The Balaban J connectivity index is 1.64. The van der Waals surface area contributed by atoms with Crippen molar-refractivity contribution in [1.82, 2.24) is 5.32 Å². The lowest BCUT2D eigenvalue weighted by Crippen LogP contribution is -2.15. The molecule has 0 bridgehead atoms. The summed E-state index contributed by atoms with van der Waals surface area (Å²) in [6.45, 7) is 1.89. The van der Waals surface area contributed by atoms with E-state index in [-0.39, 0.29) is 0 Å². The maximum atomic E-state index is 5.88. The van der Waals surface area contributed by atoms with Gasteiger partial charge in [-0.3, -0.25) is 0 Å². The van der Waals surface area contributed by atoms with Crippen LogP contribution in [0.5, 0.6) is 0 Å². The Morgan fingerprint density at radius 2 is 2.17 bits per heavy atom. The Kier molecular flexibility index (Phi) is 6.05. The molecule has 0 atom stereocenters. The van der Waals surface area contributed by atoms with Gasteiger partial charge in [-0.25, -0.2) is 0 Å². The molecule has 0 amide bonds. The Morgan fingerprint density at radius 3 is 2.89 bits per heavy atom. The molecule has 0 unspecified atom stereocenters. The molecule has 96 valence electrons. The van der Waals surface area contributed by atoms with E-state index in [1.165, 1.54) is 9.77 Å². The van der Waals surface area contributed by atoms with E-state index in [9.17, 15) is 0 Å². The molecule has 0 aliphatic carbocycles. The molecule has 1 nitrogen and oxygen atoms in total. The van der Waals surface area contributed by atoms with Gasteiger partial charge in [0.05, 0.1) is 4.34 Å². The van der Waals surface area contributed by atoms with Crippen LogP contribution in [0.15, 0.2) is 45.8 Å². The van der Waals surface area contributed by atoms with Gasteiger partial charge in [-0.1, -0.05) is 33.6 Å². The normalized spacial score (nSPS) is 10.8. The van der Waals surface area contributed by atoms with Crippen molar-refractivity contribution in [1.29, 1.82) is 0 Å². The van der Waals surface area contributed by atoms with Crippen molar-refractivity contribution >= 4 is 50.6 Å². The van der Waals surface area contributed by atoms with Crippen LogP contribution in [0.4, 0.5) is 0 Å². The zero-order valence-corrected chi connectivity index (χ0v) is 13.6. The lowest BCUT2D eigenvalue weighted by molar-refractivity contribution is 0.741. The van der Waals surface area contributed by atoms with E-state index in [0.29, 0.717) is 0 Å². The van der Waals surface area contributed by atoms with Crippen molar-refractivity contribution < 1.29 is 0 Å². The summed E-state index contributed by atoms with van der Waals surface area (Å²) < 4.78 is 1.99. The molecule has 5 heteroatoms. The van der Waals surface area contributed by atoms with Gasteiger partial charge in [0.25, 0.3) is 0 Å². The highest BCUT2D eigenvalue weighted by molar-refractivity contribution is 9.10. The molecule has 1 N–H and O–H groups in total. The van der Waals surface area contributed by atoms with Gasteiger partial charge in [0, 0.05) is 33.1 Å². The van der Waals surface area contributed by atoms with Crippen LogP contribution in [0.3, 0.4) is 0 Å². The third-order valence-electron chi connectivity index (χ3n) is 2.27. The maximum Gasteiger partial charge on any atom is 0.0931 e. The first kappa shape index (κ1) is 14.4. The molecule has 2 rings (SSSR count). The van der Waals surface area contributed by atoms with E-state index in [1.54, 1.807) is 11.3 Å². The standard InChI is InChI=1S/C13H13BrClNS2/c14-10-2-1-3-11(8-10)17-7-6-16-9-12-4-5-13(15)18-12/h1-5,8,16H,6-7,9H2. The van der Waals surface area contributed by atoms with Gasteiger partial charge >= 0.3 is 0 Å². The van der Waals surface area contributed by atoms with Crippen molar-refractivity contribution in [3.63, 3.8) is 0 Å². The number of thioether (sulfide) groups is 1. The lowest BCUT2D eigenvalue weighted by atomic mass is 10.4. The summed E-state index contributed by atoms with van der Waals surface area (Å²) in [6, 6.07) is 12.4. The molecule has 1 heterocycles. The second-order valence-corrected chi connectivity index (χ2v) is 7.57. The van der Waals surface area contributed by atoms with Gasteiger partial charge in [-0.2, -0.15) is 0 Å². The number of rotatable bonds is 6. The molecular formula is C13H13BrClNS2. The number of thiophene rings is 1. The summed E-state index contributed by atoms with van der Waals surface area (Å²) in [7, 11) is 0. The Labute approximate surface area is 129 Å². The van der Waals surface area contributed by atoms with Crippen molar-refractivity contribution in [2.45, 2.75) is 11.4 Å². The molecule has 0 aliphatic heterocycles. The lowest BCUT2D eigenvalue weighted by Gasteiger charge is -2.03. The molecule has 18 heavy (non-hydrogen) atoms. The van der Waals surface area contributed by atoms with E-state index in [4.69, 9.17) is 11.6 Å². The third kappa shape index (κ3) is 4.94. The average Bonchev–Trinajstić information content (AvgIpc) is 2.75. The highest BCUT2D eigenvalue weighted by atomic mass is 79.9. The van der Waals surface area contributed by atoms with Crippen molar-refractivity contribution in [3.05, 3.63) is 50.1 Å². The molecule has 1 aromatic carbocycles. The Hall–Kier alpha value is -0.0000000000000000833. The Bertz CT molecular complexity index is 501. The topological polar surface area (TPSA) is 12.0 Å². The first-order valence-electron chi connectivity index (χ1n) is 5.57. The molecule has 0 spiro atoms. The molecule has 0 radical (unpaired) electrons. The zero-order chi connectivity index (χ0) is 12.8. The SMILES string of the molecule is Clc1ccc(CNCCSc2cccc(Br)c2)s1. The summed E-state index contributed by atoms with van der Waals surface area (Å²) in [4.78, 5) is 2.58. The van der Waals surface area contributed by atoms with Crippen LogP contribution in [0.2, 0.25) is 4.34 Å². The minimum absolute atomic E-state index is 0.857. The molecule has 0 saturated heterocycles. The maximum absolute atomic E-state index is 5.88. The highest BCUT2D eigenvalue weighted by Gasteiger charge is 1.98. The van der Waals surface area contributed by atoms with Gasteiger partial charge in [-0.15, -0.1) is 23.1 Å².